The second-order valence-electron chi connectivity index (χ2n) is 4.31. The van der Waals surface area contributed by atoms with Gasteiger partial charge in [0.1, 0.15) is 11.6 Å². The van der Waals surface area contributed by atoms with Crippen molar-refractivity contribution >= 4 is 5.82 Å². The summed E-state index contributed by atoms with van der Waals surface area (Å²) in [5.41, 5.74) is 4.05. The van der Waals surface area contributed by atoms with Crippen molar-refractivity contribution in [1.82, 2.24) is 15.0 Å². The van der Waals surface area contributed by atoms with Crippen LogP contribution >= 0.6 is 0 Å². The molecule has 2 aromatic heterocycles. The van der Waals surface area contributed by atoms with Gasteiger partial charge in [0, 0.05) is 29.6 Å². The maximum absolute atomic E-state index is 4.52. The second kappa shape index (κ2) is 5.12. The summed E-state index contributed by atoms with van der Waals surface area (Å²) in [5.74, 6) is 1.67. The van der Waals surface area contributed by atoms with Gasteiger partial charge in [-0.3, -0.25) is 4.98 Å². The summed E-state index contributed by atoms with van der Waals surface area (Å²) in [7, 11) is 0. The van der Waals surface area contributed by atoms with Crippen molar-refractivity contribution in [2.24, 2.45) is 0 Å². The van der Waals surface area contributed by atoms with E-state index in [4.69, 9.17) is 0 Å². The highest BCUT2D eigenvalue weighted by atomic mass is 15.0. The Morgan fingerprint density at radius 1 is 1.11 bits per heavy atom. The van der Waals surface area contributed by atoms with Crippen LogP contribution < -0.4 is 5.32 Å². The highest BCUT2D eigenvalue weighted by Gasteiger charge is 2.10. The van der Waals surface area contributed by atoms with E-state index in [1.165, 1.54) is 0 Å². The summed E-state index contributed by atoms with van der Waals surface area (Å²) in [6.45, 7) is 8.83. The Bertz CT molecular complexity index is 546. The number of hydrogen-bond donors (Lipinski definition) is 1. The van der Waals surface area contributed by atoms with Gasteiger partial charge in [-0.05, 0) is 39.8 Å². The zero-order valence-electron chi connectivity index (χ0n) is 11.3. The number of pyridine rings is 1. The normalized spacial score (nSPS) is 10.4. The molecule has 0 saturated carbocycles. The standard InChI is InChI=1S/C14H18N4/c1-5-15-14-10(3)13(17-11(4)18-14)12-7-6-9(2)16-8-12/h6-8H,5H2,1-4H3,(H,15,17,18). The molecule has 0 bridgehead atoms. The van der Waals surface area contributed by atoms with E-state index in [1.807, 2.05) is 39.1 Å². The number of aromatic nitrogens is 3. The van der Waals surface area contributed by atoms with Crippen LogP contribution in [0.1, 0.15) is 24.0 Å². The van der Waals surface area contributed by atoms with E-state index in [2.05, 4.69) is 27.2 Å². The number of nitrogens with one attached hydrogen (secondary N) is 1. The van der Waals surface area contributed by atoms with Gasteiger partial charge < -0.3 is 5.32 Å². The van der Waals surface area contributed by atoms with Gasteiger partial charge in [0.25, 0.3) is 0 Å². The van der Waals surface area contributed by atoms with E-state index < -0.39 is 0 Å². The number of nitrogens with zero attached hydrogens (tertiary/aromatic N) is 3. The van der Waals surface area contributed by atoms with Gasteiger partial charge in [-0.25, -0.2) is 9.97 Å². The van der Waals surface area contributed by atoms with Crippen LogP contribution in [0.2, 0.25) is 0 Å². The molecule has 0 aromatic carbocycles. The van der Waals surface area contributed by atoms with Crippen LogP contribution in [-0.4, -0.2) is 21.5 Å². The molecule has 94 valence electrons. The molecule has 2 heterocycles. The molecule has 2 aromatic rings. The van der Waals surface area contributed by atoms with E-state index in [0.717, 1.165) is 40.7 Å². The van der Waals surface area contributed by atoms with Crippen LogP contribution in [0.4, 0.5) is 5.82 Å². The van der Waals surface area contributed by atoms with Crippen molar-refractivity contribution in [2.45, 2.75) is 27.7 Å². The summed E-state index contributed by atoms with van der Waals surface area (Å²) in [4.78, 5) is 13.3. The van der Waals surface area contributed by atoms with Crippen LogP contribution in [0.5, 0.6) is 0 Å². The molecule has 0 unspecified atom stereocenters. The van der Waals surface area contributed by atoms with Gasteiger partial charge in [-0.1, -0.05) is 0 Å². The fraction of sp³-hybridized carbons (Fsp3) is 0.357. The van der Waals surface area contributed by atoms with Crippen LogP contribution in [-0.2, 0) is 0 Å². The molecule has 0 aliphatic heterocycles. The molecule has 0 radical (unpaired) electrons. The summed E-state index contributed by atoms with van der Waals surface area (Å²) < 4.78 is 0. The first-order valence-corrected chi connectivity index (χ1v) is 6.14. The molecule has 18 heavy (non-hydrogen) atoms. The monoisotopic (exact) mass is 242 g/mol. The maximum atomic E-state index is 4.52. The first-order valence-electron chi connectivity index (χ1n) is 6.14. The van der Waals surface area contributed by atoms with E-state index in [-0.39, 0.29) is 0 Å². The van der Waals surface area contributed by atoms with Crippen molar-refractivity contribution in [3.05, 3.63) is 35.4 Å². The molecule has 0 atom stereocenters. The Morgan fingerprint density at radius 2 is 1.89 bits per heavy atom. The van der Waals surface area contributed by atoms with Gasteiger partial charge in [-0.15, -0.1) is 0 Å². The average molecular weight is 242 g/mol. The van der Waals surface area contributed by atoms with Crippen molar-refractivity contribution in [1.29, 1.82) is 0 Å². The smallest absolute Gasteiger partial charge is 0.133 e. The molecule has 0 fully saturated rings. The average Bonchev–Trinajstić information content (AvgIpc) is 2.35. The van der Waals surface area contributed by atoms with Gasteiger partial charge in [0.2, 0.25) is 0 Å². The molecular formula is C14H18N4. The van der Waals surface area contributed by atoms with Crippen molar-refractivity contribution < 1.29 is 0 Å². The lowest BCUT2D eigenvalue weighted by Crippen LogP contribution is -2.06. The number of aryl methyl sites for hydroxylation is 2. The van der Waals surface area contributed by atoms with E-state index in [1.54, 1.807) is 0 Å². The van der Waals surface area contributed by atoms with Gasteiger partial charge in [-0.2, -0.15) is 0 Å². The Morgan fingerprint density at radius 3 is 2.50 bits per heavy atom. The molecule has 0 saturated heterocycles. The first-order chi connectivity index (χ1) is 8.61. The maximum Gasteiger partial charge on any atom is 0.133 e. The molecule has 4 nitrogen and oxygen atoms in total. The summed E-state index contributed by atoms with van der Waals surface area (Å²) in [6, 6.07) is 4.05. The predicted octanol–water partition coefficient (Wildman–Crippen LogP) is 2.90. The molecule has 1 N–H and O–H groups in total. The minimum Gasteiger partial charge on any atom is -0.370 e. The lowest BCUT2D eigenvalue weighted by Gasteiger charge is -2.12. The van der Waals surface area contributed by atoms with E-state index in [0.29, 0.717) is 0 Å². The third-order valence-electron chi connectivity index (χ3n) is 2.79. The van der Waals surface area contributed by atoms with E-state index in [9.17, 15) is 0 Å². The zero-order valence-corrected chi connectivity index (χ0v) is 11.3. The molecule has 0 aliphatic rings. The lowest BCUT2D eigenvalue weighted by molar-refractivity contribution is 1.02. The quantitative estimate of drug-likeness (QED) is 0.899. The molecule has 0 aliphatic carbocycles. The van der Waals surface area contributed by atoms with Crippen LogP contribution in [0.25, 0.3) is 11.3 Å². The Kier molecular flexibility index (Phi) is 3.55. The minimum atomic E-state index is 0.770. The first kappa shape index (κ1) is 12.5. The van der Waals surface area contributed by atoms with Gasteiger partial charge in [0.05, 0.1) is 5.69 Å². The molecule has 0 spiro atoms. The van der Waals surface area contributed by atoms with Crippen LogP contribution in [0.15, 0.2) is 18.3 Å². The van der Waals surface area contributed by atoms with Gasteiger partial charge >= 0.3 is 0 Å². The summed E-state index contributed by atoms with van der Waals surface area (Å²) >= 11 is 0. The summed E-state index contributed by atoms with van der Waals surface area (Å²) in [5, 5.41) is 3.27. The number of rotatable bonds is 3. The largest absolute Gasteiger partial charge is 0.370 e. The van der Waals surface area contributed by atoms with Crippen molar-refractivity contribution in [3.63, 3.8) is 0 Å². The van der Waals surface area contributed by atoms with Crippen molar-refractivity contribution in [2.75, 3.05) is 11.9 Å². The van der Waals surface area contributed by atoms with Crippen molar-refractivity contribution in [3.8, 4) is 11.3 Å². The Labute approximate surface area is 108 Å². The van der Waals surface area contributed by atoms with E-state index >= 15 is 0 Å². The fourth-order valence-corrected chi connectivity index (χ4v) is 1.86. The molecule has 0 amide bonds. The number of anilines is 1. The number of hydrogen-bond acceptors (Lipinski definition) is 4. The molecule has 2 rings (SSSR count). The van der Waals surface area contributed by atoms with Gasteiger partial charge in [0.15, 0.2) is 0 Å². The third kappa shape index (κ3) is 2.47. The fourth-order valence-electron chi connectivity index (χ4n) is 1.86. The zero-order chi connectivity index (χ0) is 13.1. The third-order valence-corrected chi connectivity index (χ3v) is 2.79. The molecule has 4 heteroatoms. The minimum absolute atomic E-state index is 0.770. The van der Waals surface area contributed by atoms with Crippen LogP contribution in [0, 0.1) is 20.8 Å². The summed E-state index contributed by atoms with van der Waals surface area (Å²) in [6.07, 6.45) is 1.86. The lowest BCUT2D eigenvalue weighted by atomic mass is 10.1. The second-order valence-corrected chi connectivity index (χ2v) is 4.31. The highest BCUT2D eigenvalue weighted by molar-refractivity contribution is 5.67. The molecular weight excluding hydrogens is 224 g/mol. The topological polar surface area (TPSA) is 50.7 Å². The predicted molar refractivity (Wildman–Crippen MR) is 73.6 cm³/mol. The van der Waals surface area contributed by atoms with Crippen LogP contribution in [0.3, 0.4) is 0 Å². The Balaban J connectivity index is 2.53. The Hall–Kier alpha value is -1.97. The highest BCUT2D eigenvalue weighted by Crippen LogP contribution is 2.25. The SMILES string of the molecule is CCNc1nc(C)nc(-c2ccc(C)nc2)c1C.